The van der Waals surface area contributed by atoms with E-state index >= 15 is 0 Å². The van der Waals surface area contributed by atoms with Gasteiger partial charge in [0.25, 0.3) is 0 Å². The number of rotatable bonds is 8. The molecule has 0 aliphatic heterocycles. The number of hydrogen-bond acceptors (Lipinski definition) is 3. The Bertz CT molecular complexity index is 804. The van der Waals surface area contributed by atoms with Crippen LogP contribution in [0.3, 0.4) is 0 Å². The summed E-state index contributed by atoms with van der Waals surface area (Å²) < 4.78 is 0. The molecule has 2 aromatic rings. The maximum atomic E-state index is 12.5. The summed E-state index contributed by atoms with van der Waals surface area (Å²) >= 11 is 0. The zero-order valence-electron chi connectivity index (χ0n) is 16.1. The van der Waals surface area contributed by atoms with Crippen molar-refractivity contribution in [3.63, 3.8) is 0 Å². The van der Waals surface area contributed by atoms with Crippen LogP contribution in [0.2, 0.25) is 0 Å². The molecule has 0 spiro atoms. The first-order valence-corrected chi connectivity index (χ1v) is 9.12. The van der Waals surface area contributed by atoms with Gasteiger partial charge in [-0.2, -0.15) is 0 Å². The summed E-state index contributed by atoms with van der Waals surface area (Å²) in [5, 5.41) is 8.10. The number of urea groups is 1. The van der Waals surface area contributed by atoms with Gasteiger partial charge in [0.15, 0.2) is 0 Å². The van der Waals surface area contributed by atoms with E-state index in [9.17, 15) is 14.4 Å². The summed E-state index contributed by atoms with van der Waals surface area (Å²) in [6.45, 7) is 3.94. The highest BCUT2D eigenvalue weighted by Gasteiger charge is 2.20. The molecule has 5 N–H and O–H groups in total. The van der Waals surface area contributed by atoms with Gasteiger partial charge in [0.1, 0.15) is 6.04 Å². The van der Waals surface area contributed by atoms with E-state index in [-0.39, 0.29) is 17.7 Å². The number of benzene rings is 2. The monoisotopic (exact) mass is 382 g/mol. The minimum Gasteiger partial charge on any atom is -0.352 e. The Morgan fingerprint density at radius 2 is 1.54 bits per heavy atom. The summed E-state index contributed by atoms with van der Waals surface area (Å²) in [7, 11) is 0. The third kappa shape index (κ3) is 6.75. The van der Waals surface area contributed by atoms with Crippen LogP contribution in [-0.4, -0.2) is 23.9 Å². The van der Waals surface area contributed by atoms with Crippen molar-refractivity contribution in [3.05, 3.63) is 65.7 Å². The Balaban J connectivity index is 1.94. The summed E-state index contributed by atoms with van der Waals surface area (Å²) in [5.74, 6) is -0.472. The van der Waals surface area contributed by atoms with Crippen LogP contribution in [0.1, 0.15) is 25.0 Å². The second-order valence-electron chi connectivity index (χ2n) is 6.81. The summed E-state index contributed by atoms with van der Waals surface area (Å²) in [5.41, 5.74) is 7.69. The van der Waals surface area contributed by atoms with Crippen LogP contribution >= 0.6 is 0 Å². The van der Waals surface area contributed by atoms with Gasteiger partial charge in [0.05, 0.1) is 0 Å². The van der Waals surface area contributed by atoms with Gasteiger partial charge in [-0.3, -0.25) is 9.59 Å². The van der Waals surface area contributed by atoms with Gasteiger partial charge in [0.2, 0.25) is 11.8 Å². The molecular formula is C21H26N4O3. The molecule has 1 unspecified atom stereocenters. The van der Waals surface area contributed by atoms with Gasteiger partial charge < -0.3 is 21.7 Å². The van der Waals surface area contributed by atoms with Crippen molar-refractivity contribution < 1.29 is 14.4 Å². The van der Waals surface area contributed by atoms with Gasteiger partial charge in [-0.1, -0.05) is 56.3 Å². The van der Waals surface area contributed by atoms with Crippen LogP contribution in [0.25, 0.3) is 0 Å². The lowest BCUT2D eigenvalue weighted by Gasteiger charge is -2.17. The van der Waals surface area contributed by atoms with E-state index in [2.05, 4.69) is 16.0 Å². The van der Waals surface area contributed by atoms with Crippen molar-refractivity contribution in [1.82, 2.24) is 10.6 Å². The lowest BCUT2D eigenvalue weighted by molar-refractivity contribution is -0.123. The van der Waals surface area contributed by atoms with Crippen molar-refractivity contribution in [3.8, 4) is 0 Å². The number of carbonyl (C=O) groups is 3. The van der Waals surface area contributed by atoms with Crippen LogP contribution in [-0.2, 0) is 22.6 Å². The number of primary amides is 1. The largest absolute Gasteiger partial charge is 0.352 e. The molecule has 0 aliphatic rings. The van der Waals surface area contributed by atoms with Crippen LogP contribution in [0.15, 0.2) is 54.6 Å². The SMILES string of the molecule is CC(C)C(=O)Nc1ccc(CNC(=O)C(Cc2ccccc2)NC(N)=O)cc1. The van der Waals surface area contributed by atoms with Crippen molar-refractivity contribution in [2.45, 2.75) is 32.9 Å². The third-order valence-electron chi connectivity index (χ3n) is 4.13. The number of hydrogen-bond donors (Lipinski definition) is 4. The first-order valence-electron chi connectivity index (χ1n) is 9.12. The third-order valence-corrected chi connectivity index (χ3v) is 4.13. The Hall–Kier alpha value is -3.35. The standard InChI is InChI=1S/C21H26N4O3/c1-14(2)19(26)24-17-10-8-16(9-11-17)13-23-20(27)18(25-21(22)28)12-15-6-4-3-5-7-15/h3-11,14,18H,12-13H2,1-2H3,(H,23,27)(H,24,26)(H3,22,25,28). The number of nitrogens with two attached hydrogens (primary N) is 1. The van der Waals surface area contributed by atoms with E-state index in [1.807, 2.05) is 56.3 Å². The molecule has 0 fully saturated rings. The Morgan fingerprint density at radius 3 is 2.11 bits per heavy atom. The lowest BCUT2D eigenvalue weighted by atomic mass is 10.1. The summed E-state index contributed by atoms with van der Waals surface area (Å²) in [4.78, 5) is 35.5. The molecule has 0 bridgehead atoms. The molecule has 148 valence electrons. The first kappa shape index (κ1) is 21.0. The molecule has 28 heavy (non-hydrogen) atoms. The van der Waals surface area contributed by atoms with E-state index < -0.39 is 12.1 Å². The van der Waals surface area contributed by atoms with Crippen molar-refractivity contribution in [2.24, 2.45) is 11.7 Å². The van der Waals surface area contributed by atoms with Gasteiger partial charge >= 0.3 is 6.03 Å². The topological polar surface area (TPSA) is 113 Å². The Morgan fingerprint density at radius 1 is 0.893 bits per heavy atom. The molecule has 0 saturated carbocycles. The van der Waals surface area contributed by atoms with E-state index in [4.69, 9.17) is 5.73 Å². The average Bonchev–Trinajstić information content (AvgIpc) is 2.67. The second kappa shape index (κ2) is 10.1. The number of nitrogens with one attached hydrogen (secondary N) is 3. The molecule has 7 heteroatoms. The smallest absolute Gasteiger partial charge is 0.312 e. The Kier molecular flexibility index (Phi) is 7.56. The first-order chi connectivity index (χ1) is 13.3. The van der Waals surface area contributed by atoms with Crippen LogP contribution in [0.4, 0.5) is 10.5 Å². The molecule has 0 radical (unpaired) electrons. The van der Waals surface area contributed by atoms with Crippen LogP contribution in [0.5, 0.6) is 0 Å². The van der Waals surface area contributed by atoms with Crippen molar-refractivity contribution >= 4 is 23.5 Å². The molecule has 0 saturated heterocycles. The highest BCUT2D eigenvalue weighted by atomic mass is 16.2. The van der Waals surface area contributed by atoms with Gasteiger partial charge in [0, 0.05) is 24.6 Å². The molecule has 0 heterocycles. The highest BCUT2D eigenvalue weighted by Crippen LogP contribution is 2.11. The number of anilines is 1. The minimum absolute atomic E-state index is 0.0534. The predicted octanol–water partition coefficient (Wildman–Crippen LogP) is 2.18. The molecule has 1 atom stereocenters. The summed E-state index contributed by atoms with van der Waals surface area (Å²) in [6, 6.07) is 15.1. The molecular weight excluding hydrogens is 356 g/mol. The molecule has 2 rings (SSSR count). The fourth-order valence-electron chi connectivity index (χ4n) is 2.54. The molecule has 4 amide bonds. The zero-order valence-corrected chi connectivity index (χ0v) is 16.1. The van der Waals surface area contributed by atoms with Crippen LogP contribution in [0, 0.1) is 5.92 Å². The van der Waals surface area contributed by atoms with Crippen molar-refractivity contribution in [1.29, 1.82) is 0 Å². The van der Waals surface area contributed by atoms with Gasteiger partial charge in [-0.05, 0) is 23.3 Å². The summed E-state index contributed by atoms with van der Waals surface area (Å²) in [6.07, 6.45) is 0.343. The van der Waals surface area contributed by atoms with E-state index in [0.29, 0.717) is 18.7 Å². The van der Waals surface area contributed by atoms with Gasteiger partial charge in [-0.15, -0.1) is 0 Å². The minimum atomic E-state index is -0.760. The fraction of sp³-hybridized carbons (Fsp3) is 0.286. The predicted molar refractivity (Wildman–Crippen MR) is 108 cm³/mol. The van der Waals surface area contributed by atoms with Crippen LogP contribution < -0.4 is 21.7 Å². The van der Waals surface area contributed by atoms with E-state index in [0.717, 1.165) is 11.1 Å². The average molecular weight is 382 g/mol. The molecule has 2 aromatic carbocycles. The van der Waals surface area contributed by atoms with Gasteiger partial charge in [-0.25, -0.2) is 4.79 Å². The normalized spacial score (nSPS) is 11.5. The zero-order chi connectivity index (χ0) is 20.5. The lowest BCUT2D eigenvalue weighted by Crippen LogP contribution is -2.49. The van der Waals surface area contributed by atoms with E-state index in [1.54, 1.807) is 12.1 Å². The molecule has 0 aliphatic carbocycles. The quantitative estimate of drug-likeness (QED) is 0.561. The second-order valence-corrected chi connectivity index (χ2v) is 6.81. The Labute approximate surface area is 164 Å². The number of amides is 4. The maximum Gasteiger partial charge on any atom is 0.312 e. The highest BCUT2D eigenvalue weighted by molar-refractivity contribution is 5.92. The number of carbonyl (C=O) groups excluding carboxylic acids is 3. The van der Waals surface area contributed by atoms with E-state index in [1.165, 1.54) is 0 Å². The fourth-order valence-corrected chi connectivity index (χ4v) is 2.54. The molecule has 0 aromatic heterocycles. The molecule has 7 nitrogen and oxygen atoms in total. The maximum absolute atomic E-state index is 12.5. The van der Waals surface area contributed by atoms with Crippen molar-refractivity contribution in [2.75, 3.05) is 5.32 Å².